The second kappa shape index (κ2) is 6.64. The first-order valence-electron chi connectivity index (χ1n) is 5.10. The molecule has 0 radical (unpaired) electrons. The average Bonchev–Trinajstić information content (AvgIpc) is 2.27. The molecule has 0 unspecified atom stereocenters. The van der Waals surface area contributed by atoms with E-state index in [9.17, 15) is 0 Å². The molecule has 0 N–H and O–H groups in total. The van der Waals surface area contributed by atoms with Crippen LogP contribution in [0.4, 0.5) is 0 Å². The van der Waals surface area contributed by atoms with Crippen LogP contribution < -0.4 is 4.74 Å². The van der Waals surface area contributed by atoms with Crippen molar-refractivity contribution >= 4 is 52.2 Å². The molecular formula is C11H12Cl3NOS. The van der Waals surface area contributed by atoms with Crippen molar-refractivity contribution < 1.29 is 4.74 Å². The molecule has 1 aromatic rings. The Hall–Kier alpha value is -0.220. The maximum Gasteiger partial charge on any atom is 0.264 e. The summed E-state index contributed by atoms with van der Waals surface area (Å²) in [5.74, 6) is 0.415. The summed E-state index contributed by atoms with van der Waals surface area (Å²) in [5, 5.41) is 1.52. The van der Waals surface area contributed by atoms with Gasteiger partial charge in [0, 0.05) is 19.2 Å². The van der Waals surface area contributed by atoms with Crippen molar-refractivity contribution in [2.75, 3.05) is 13.1 Å². The largest absolute Gasteiger partial charge is 0.430 e. The monoisotopic (exact) mass is 311 g/mol. The van der Waals surface area contributed by atoms with Crippen LogP contribution in [-0.4, -0.2) is 23.2 Å². The Balaban J connectivity index is 2.88. The van der Waals surface area contributed by atoms with E-state index in [1.54, 1.807) is 6.07 Å². The molecular weight excluding hydrogens is 301 g/mol. The number of hydrogen-bond acceptors (Lipinski definition) is 2. The third kappa shape index (κ3) is 3.88. The quantitative estimate of drug-likeness (QED) is 0.595. The van der Waals surface area contributed by atoms with E-state index < -0.39 is 0 Å². The van der Waals surface area contributed by atoms with Crippen LogP contribution in [0, 0.1) is 0 Å². The molecule has 6 heteroatoms. The molecule has 2 nitrogen and oxygen atoms in total. The number of halogens is 3. The van der Waals surface area contributed by atoms with E-state index in [1.807, 2.05) is 18.7 Å². The maximum absolute atomic E-state index is 5.99. The Kier molecular flexibility index (Phi) is 5.80. The lowest BCUT2D eigenvalue weighted by atomic mass is 10.3. The van der Waals surface area contributed by atoms with E-state index in [4.69, 9.17) is 51.8 Å². The Morgan fingerprint density at radius 3 is 2.18 bits per heavy atom. The summed E-state index contributed by atoms with van der Waals surface area (Å²) >= 11 is 22.9. The third-order valence-electron chi connectivity index (χ3n) is 2.19. The minimum Gasteiger partial charge on any atom is -0.430 e. The number of thiocarbonyl (C=S) groups is 1. The molecule has 0 saturated heterocycles. The molecule has 0 spiro atoms. The lowest BCUT2D eigenvalue weighted by molar-refractivity contribution is 0.379. The van der Waals surface area contributed by atoms with Crippen LogP contribution in [0.2, 0.25) is 15.1 Å². The minimum absolute atomic E-state index is 0.371. The molecule has 94 valence electrons. The van der Waals surface area contributed by atoms with Gasteiger partial charge in [0.05, 0.1) is 15.1 Å². The molecule has 0 aliphatic rings. The van der Waals surface area contributed by atoms with E-state index in [0.29, 0.717) is 26.0 Å². The van der Waals surface area contributed by atoms with Gasteiger partial charge in [0.2, 0.25) is 0 Å². The van der Waals surface area contributed by atoms with Crippen molar-refractivity contribution in [1.82, 2.24) is 4.90 Å². The van der Waals surface area contributed by atoms with Gasteiger partial charge in [-0.25, -0.2) is 0 Å². The van der Waals surface area contributed by atoms with Crippen molar-refractivity contribution in [2.45, 2.75) is 13.8 Å². The third-order valence-corrected chi connectivity index (χ3v) is 3.55. The van der Waals surface area contributed by atoms with Gasteiger partial charge in [-0.1, -0.05) is 34.8 Å². The molecule has 0 aromatic heterocycles. The predicted octanol–water partition coefficient (Wildman–Crippen LogP) is 4.65. The van der Waals surface area contributed by atoms with Crippen LogP contribution in [0.5, 0.6) is 5.75 Å². The zero-order valence-corrected chi connectivity index (χ0v) is 12.6. The molecule has 0 aliphatic heterocycles. The van der Waals surface area contributed by atoms with Crippen LogP contribution in [0.1, 0.15) is 13.8 Å². The molecule has 17 heavy (non-hydrogen) atoms. The zero-order valence-electron chi connectivity index (χ0n) is 9.47. The summed E-state index contributed by atoms with van der Waals surface area (Å²) in [6.45, 7) is 5.54. The van der Waals surface area contributed by atoms with Gasteiger partial charge >= 0.3 is 0 Å². The fourth-order valence-electron chi connectivity index (χ4n) is 1.22. The molecule has 0 amide bonds. The Bertz CT molecular complexity index is 421. The zero-order chi connectivity index (χ0) is 13.0. The van der Waals surface area contributed by atoms with E-state index in [-0.39, 0.29) is 0 Å². The van der Waals surface area contributed by atoms with Crippen LogP contribution in [0.3, 0.4) is 0 Å². The van der Waals surface area contributed by atoms with Gasteiger partial charge in [0.25, 0.3) is 5.17 Å². The van der Waals surface area contributed by atoms with Crippen molar-refractivity contribution in [1.29, 1.82) is 0 Å². The Morgan fingerprint density at radius 1 is 1.12 bits per heavy atom. The molecule has 0 bridgehead atoms. The van der Waals surface area contributed by atoms with Gasteiger partial charge in [-0.2, -0.15) is 0 Å². The van der Waals surface area contributed by atoms with Crippen LogP contribution in [0.25, 0.3) is 0 Å². The predicted molar refractivity (Wildman–Crippen MR) is 77.6 cm³/mol. The number of benzene rings is 1. The summed E-state index contributed by atoms with van der Waals surface area (Å²) in [6, 6.07) is 3.09. The Labute approximate surface area is 121 Å². The van der Waals surface area contributed by atoms with Crippen molar-refractivity contribution in [3.8, 4) is 5.75 Å². The molecule has 1 aromatic carbocycles. The molecule has 0 saturated carbocycles. The van der Waals surface area contributed by atoms with Gasteiger partial charge in [-0.05, 0) is 32.1 Å². The highest BCUT2D eigenvalue weighted by atomic mass is 35.5. The molecule has 0 aliphatic carbocycles. The second-order valence-corrected chi connectivity index (χ2v) is 4.81. The van der Waals surface area contributed by atoms with E-state index >= 15 is 0 Å². The van der Waals surface area contributed by atoms with Gasteiger partial charge in [0.1, 0.15) is 5.75 Å². The molecule has 1 rings (SSSR count). The smallest absolute Gasteiger partial charge is 0.264 e. The summed E-state index contributed by atoms with van der Waals surface area (Å²) in [6.07, 6.45) is 0. The summed E-state index contributed by atoms with van der Waals surface area (Å²) in [4.78, 5) is 1.90. The number of hydrogen-bond donors (Lipinski definition) is 0. The highest BCUT2D eigenvalue weighted by Crippen LogP contribution is 2.34. The lowest BCUT2D eigenvalue weighted by Crippen LogP contribution is -2.32. The van der Waals surface area contributed by atoms with E-state index in [0.717, 1.165) is 13.1 Å². The second-order valence-electron chi connectivity index (χ2n) is 3.24. The first kappa shape index (κ1) is 14.8. The highest BCUT2D eigenvalue weighted by molar-refractivity contribution is 7.80. The molecule has 0 fully saturated rings. The normalized spacial score (nSPS) is 10.2. The van der Waals surface area contributed by atoms with Gasteiger partial charge < -0.3 is 9.64 Å². The first-order chi connectivity index (χ1) is 7.99. The summed E-state index contributed by atoms with van der Waals surface area (Å²) in [7, 11) is 0. The molecule has 0 atom stereocenters. The van der Waals surface area contributed by atoms with Gasteiger partial charge in [-0.3, -0.25) is 0 Å². The van der Waals surface area contributed by atoms with Crippen LogP contribution >= 0.6 is 47.0 Å². The van der Waals surface area contributed by atoms with Crippen molar-refractivity contribution in [2.24, 2.45) is 0 Å². The molecule has 0 heterocycles. The number of nitrogens with zero attached hydrogens (tertiary/aromatic N) is 1. The van der Waals surface area contributed by atoms with Gasteiger partial charge in [-0.15, -0.1) is 0 Å². The van der Waals surface area contributed by atoms with Crippen LogP contribution in [-0.2, 0) is 0 Å². The topological polar surface area (TPSA) is 12.5 Å². The summed E-state index contributed by atoms with van der Waals surface area (Å²) in [5.41, 5.74) is 0. The fourth-order valence-corrected chi connectivity index (χ4v) is 2.15. The standard InChI is InChI=1S/C11H12Cl3NOS/c1-3-15(4-2)11(17)16-10-6-8(13)7(12)5-9(10)14/h5-6H,3-4H2,1-2H3. The number of rotatable bonds is 3. The highest BCUT2D eigenvalue weighted by Gasteiger charge is 2.12. The average molecular weight is 313 g/mol. The van der Waals surface area contributed by atoms with E-state index in [2.05, 4.69) is 0 Å². The maximum atomic E-state index is 5.99. The number of ether oxygens (including phenoxy) is 1. The van der Waals surface area contributed by atoms with Crippen molar-refractivity contribution in [3.63, 3.8) is 0 Å². The van der Waals surface area contributed by atoms with Crippen molar-refractivity contribution in [3.05, 3.63) is 27.2 Å². The summed E-state index contributed by atoms with van der Waals surface area (Å²) < 4.78 is 5.51. The SMILES string of the molecule is CCN(CC)C(=S)Oc1cc(Cl)c(Cl)cc1Cl. The lowest BCUT2D eigenvalue weighted by Gasteiger charge is -2.21. The van der Waals surface area contributed by atoms with Crippen LogP contribution in [0.15, 0.2) is 12.1 Å². The minimum atomic E-state index is 0.371. The fraction of sp³-hybridized carbons (Fsp3) is 0.364. The first-order valence-corrected chi connectivity index (χ1v) is 6.65. The Morgan fingerprint density at radius 2 is 1.65 bits per heavy atom. The van der Waals surface area contributed by atoms with E-state index in [1.165, 1.54) is 6.07 Å². The van der Waals surface area contributed by atoms with Gasteiger partial charge in [0.15, 0.2) is 0 Å².